The summed E-state index contributed by atoms with van der Waals surface area (Å²) in [5.41, 5.74) is 6.90. The van der Waals surface area contributed by atoms with Gasteiger partial charge in [0.2, 0.25) is 0 Å². The van der Waals surface area contributed by atoms with Crippen LogP contribution in [-0.2, 0) is 6.54 Å². The Bertz CT molecular complexity index is 421. The smallest absolute Gasteiger partial charge is 0.255 e. The van der Waals surface area contributed by atoms with Gasteiger partial charge in [-0.15, -0.1) is 0 Å². The van der Waals surface area contributed by atoms with Gasteiger partial charge in [0.05, 0.1) is 11.8 Å². The van der Waals surface area contributed by atoms with Crippen LogP contribution in [0.15, 0.2) is 6.20 Å². The molecule has 0 aliphatic carbocycles. The third-order valence-electron chi connectivity index (χ3n) is 3.90. The Labute approximate surface area is 115 Å². The van der Waals surface area contributed by atoms with E-state index in [1.54, 1.807) is 6.20 Å². The van der Waals surface area contributed by atoms with Crippen molar-refractivity contribution in [1.29, 1.82) is 0 Å². The fraction of sp³-hybridized carbons (Fsp3) is 0.714. The van der Waals surface area contributed by atoms with Crippen LogP contribution in [0.1, 0.15) is 56.1 Å². The van der Waals surface area contributed by atoms with E-state index in [1.807, 2.05) is 11.6 Å². The van der Waals surface area contributed by atoms with Crippen molar-refractivity contribution >= 4 is 5.91 Å². The third kappa shape index (κ3) is 3.80. The zero-order valence-electron chi connectivity index (χ0n) is 12.5. The molecule has 1 aromatic heterocycles. The summed E-state index contributed by atoms with van der Waals surface area (Å²) in [5, 5.41) is 7.36. The normalized spacial score (nSPS) is 11.6. The Morgan fingerprint density at radius 1 is 1.47 bits per heavy atom. The Morgan fingerprint density at radius 2 is 2.11 bits per heavy atom. The van der Waals surface area contributed by atoms with Gasteiger partial charge < -0.3 is 11.1 Å². The van der Waals surface area contributed by atoms with E-state index in [-0.39, 0.29) is 11.4 Å². The minimum absolute atomic E-state index is 0.0392. The highest BCUT2D eigenvalue weighted by atomic mass is 16.1. The molecule has 0 saturated carbocycles. The molecule has 5 heteroatoms. The minimum atomic E-state index is -0.150. The van der Waals surface area contributed by atoms with Crippen LogP contribution in [0, 0.1) is 6.92 Å². The molecule has 3 N–H and O–H groups in total. The van der Waals surface area contributed by atoms with E-state index >= 15 is 0 Å². The first kappa shape index (κ1) is 15.7. The fourth-order valence-electron chi connectivity index (χ4n) is 1.90. The first-order valence-electron chi connectivity index (χ1n) is 7.02. The summed E-state index contributed by atoms with van der Waals surface area (Å²) in [7, 11) is 0. The standard InChI is InChI=1S/C14H26N4O/c1-5-14(4,6-2)17-13(19)12-10-16-18(11(12)3)9-7-8-15/h10H,5-9,15H2,1-4H3,(H,17,19). The van der Waals surface area contributed by atoms with Crippen LogP contribution >= 0.6 is 0 Å². The number of rotatable bonds is 7. The molecule has 0 spiro atoms. The van der Waals surface area contributed by atoms with Crippen LogP contribution in [0.4, 0.5) is 0 Å². The van der Waals surface area contributed by atoms with Gasteiger partial charge in [-0.2, -0.15) is 5.10 Å². The number of carbonyl (C=O) groups is 1. The maximum absolute atomic E-state index is 12.3. The number of hydrogen-bond acceptors (Lipinski definition) is 3. The Morgan fingerprint density at radius 3 is 2.63 bits per heavy atom. The maximum Gasteiger partial charge on any atom is 0.255 e. The van der Waals surface area contributed by atoms with Gasteiger partial charge in [0.25, 0.3) is 5.91 Å². The maximum atomic E-state index is 12.3. The molecule has 5 nitrogen and oxygen atoms in total. The van der Waals surface area contributed by atoms with Crippen molar-refractivity contribution in [2.75, 3.05) is 6.54 Å². The first-order chi connectivity index (χ1) is 8.97. The van der Waals surface area contributed by atoms with Crippen LogP contribution in [0.25, 0.3) is 0 Å². The topological polar surface area (TPSA) is 72.9 Å². The Kier molecular flexibility index (Phi) is 5.54. The van der Waals surface area contributed by atoms with Crippen LogP contribution in [0.3, 0.4) is 0 Å². The number of nitrogens with two attached hydrogens (primary N) is 1. The van der Waals surface area contributed by atoms with Gasteiger partial charge in [0.15, 0.2) is 0 Å². The lowest BCUT2D eigenvalue weighted by Gasteiger charge is -2.28. The van der Waals surface area contributed by atoms with E-state index in [0.29, 0.717) is 12.1 Å². The first-order valence-corrected chi connectivity index (χ1v) is 7.02. The molecule has 0 fully saturated rings. The number of nitrogens with zero attached hydrogens (tertiary/aromatic N) is 2. The second-order valence-corrected chi connectivity index (χ2v) is 5.23. The largest absolute Gasteiger partial charge is 0.347 e. The van der Waals surface area contributed by atoms with E-state index in [9.17, 15) is 4.79 Å². The van der Waals surface area contributed by atoms with Crippen LogP contribution in [0.2, 0.25) is 0 Å². The summed E-state index contributed by atoms with van der Waals surface area (Å²) < 4.78 is 1.84. The van der Waals surface area contributed by atoms with Crippen LogP contribution in [0.5, 0.6) is 0 Å². The molecular weight excluding hydrogens is 240 g/mol. The molecule has 0 unspecified atom stereocenters. The summed E-state index contributed by atoms with van der Waals surface area (Å²) in [5.74, 6) is -0.0392. The molecular formula is C14H26N4O. The third-order valence-corrected chi connectivity index (χ3v) is 3.90. The fourth-order valence-corrected chi connectivity index (χ4v) is 1.90. The highest BCUT2D eigenvalue weighted by molar-refractivity contribution is 5.95. The van der Waals surface area contributed by atoms with Crippen molar-refractivity contribution in [1.82, 2.24) is 15.1 Å². The van der Waals surface area contributed by atoms with Crippen LogP contribution < -0.4 is 11.1 Å². The number of aryl methyl sites for hydroxylation is 1. The van der Waals surface area contributed by atoms with Crippen molar-refractivity contribution in [3.8, 4) is 0 Å². The predicted molar refractivity (Wildman–Crippen MR) is 77.1 cm³/mol. The average Bonchev–Trinajstić information content (AvgIpc) is 2.77. The van der Waals surface area contributed by atoms with Crippen molar-refractivity contribution in [2.45, 2.75) is 59.0 Å². The molecule has 1 heterocycles. The number of amides is 1. The average molecular weight is 266 g/mol. The second kappa shape index (κ2) is 6.70. The molecule has 108 valence electrons. The minimum Gasteiger partial charge on any atom is -0.347 e. The number of carbonyl (C=O) groups excluding carboxylic acids is 1. The zero-order chi connectivity index (χ0) is 14.5. The SMILES string of the molecule is CCC(C)(CC)NC(=O)c1cnn(CCCN)c1C. The zero-order valence-corrected chi connectivity index (χ0v) is 12.5. The number of hydrogen-bond donors (Lipinski definition) is 2. The van der Waals surface area contributed by atoms with E-state index in [1.165, 1.54) is 0 Å². The lowest BCUT2D eigenvalue weighted by Crippen LogP contribution is -2.45. The molecule has 0 aromatic carbocycles. The molecule has 0 radical (unpaired) electrons. The van der Waals surface area contributed by atoms with Crippen LogP contribution in [-0.4, -0.2) is 27.8 Å². The number of aromatic nitrogens is 2. The molecule has 0 bridgehead atoms. The monoisotopic (exact) mass is 266 g/mol. The Hall–Kier alpha value is -1.36. The van der Waals surface area contributed by atoms with E-state index in [2.05, 4.69) is 31.2 Å². The molecule has 1 aromatic rings. The van der Waals surface area contributed by atoms with Crippen molar-refractivity contribution in [3.63, 3.8) is 0 Å². The van der Waals surface area contributed by atoms with Gasteiger partial charge in [-0.3, -0.25) is 9.48 Å². The summed E-state index contributed by atoms with van der Waals surface area (Å²) >= 11 is 0. The molecule has 1 rings (SSSR count). The van der Waals surface area contributed by atoms with Gasteiger partial charge in [-0.1, -0.05) is 13.8 Å². The second-order valence-electron chi connectivity index (χ2n) is 5.23. The van der Waals surface area contributed by atoms with Gasteiger partial charge in [0.1, 0.15) is 0 Å². The van der Waals surface area contributed by atoms with Gasteiger partial charge in [-0.05, 0) is 39.7 Å². The van der Waals surface area contributed by atoms with Crippen molar-refractivity contribution in [2.24, 2.45) is 5.73 Å². The van der Waals surface area contributed by atoms with Gasteiger partial charge in [-0.25, -0.2) is 0 Å². The summed E-state index contributed by atoms with van der Waals surface area (Å²) in [4.78, 5) is 12.3. The highest BCUT2D eigenvalue weighted by Crippen LogP contribution is 2.16. The quantitative estimate of drug-likeness (QED) is 0.791. The van der Waals surface area contributed by atoms with E-state index in [4.69, 9.17) is 5.73 Å². The van der Waals surface area contributed by atoms with E-state index < -0.39 is 0 Å². The van der Waals surface area contributed by atoms with Gasteiger partial charge >= 0.3 is 0 Å². The van der Waals surface area contributed by atoms with E-state index in [0.717, 1.165) is 31.5 Å². The molecule has 0 aliphatic heterocycles. The number of nitrogens with one attached hydrogen (secondary N) is 1. The molecule has 0 aliphatic rings. The molecule has 1 amide bonds. The van der Waals surface area contributed by atoms with Crippen molar-refractivity contribution < 1.29 is 4.79 Å². The Balaban J connectivity index is 2.80. The lowest BCUT2D eigenvalue weighted by molar-refractivity contribution is 0.0900. The molecule has 0 atom stereocenters. The highest BCUT2D eigenvalue weighted by Gasteiger charge is 2.24. The lowest BCUT2D eigenvalue weighted by atomic mass is 9.95. The molecule has 0 saturated heterocycles. The summed E-state index contributed by atoms with van der Waals surface area (Å²) in [6.07, 6.45) is 4.34. The predicted octanol–water partition coefficient (Wildman–Crippen LogP) is 1.85. The summed E-state index contributed by atoms with van der Waals surface area (Å²) in [6, 6.07) is 0. The summed E-state index contributed by atoms with van der Waals surface area (Å²) in [6.45, 7) is 9.55. The van der Waals surface area contributed by atoms with Gasteiger partial charge in [0, 0.05) is 17.8 Å². The molecule has 19 heavy (non-hydrogen) atoms. The van der Waals surface area contributed by atoms with Crippen molar-refractivity contribution in [3.05, 3.63) is 17.5 Å².